The number of carbonyl (C=O) groups excluding carboxylic acids is 1. The molecule has 0 N–H and O–H groups in total. The van der Waals surface area contributed by atoms with Crippen LogP contribution in [0.4, 0.5) is 5.69 Å². The average Bonchev–Trinajstić information content (AvgIpc) is 3.48. The second kappa shape index (κ2) is 8.85. The van der Waals surface area contributed by atoms with E-state index in [4.69, 9.17) is 9.47 Å². The Morgan fingerprint density at radius 2 is 2.00 bits per heavy atom. The van der Waals surface area contributed by atoms with Gasteiger partial charge in [0.1, 0.15) is 17.6 Å². The summed E-state index contributed by atoms with van der Waals surface area (Å²) in [5.41, 5.74) is 2.33. The predicted octanol–water partition coefficient (Wildman–Crippen LogP) is 4.61. The number of hydrogen-bond donors (Lipinski definition) is 0. The lowest BCUT2D eigenvalue weighted by atomic mass is 9.94. The van der Waals surface area contributed by atoms with E-state index in [-0.39, 0.29) is 12.0 Å². The summed E-state index contributed by atoms with van der Waals surface area (Å²) in [5.74, 6) is 2.60. The van der Waals surface area contributed by atoms with Gasteiger partial charge in [0.05, 0.1) is 13.2 Å². The number of aromatic nitrogens is 1. The molecule has 0 unspecified atom stereocenters. The molecule has 154 valence electrons. The van der Waals surface area contributed by atoms with E-state index < -0.39 is 0 Å². The van der Waals surface area contributed by atoms with E-state index >= 15 is 0 Å². The fourth-order valence-electron chi connectivity index (χ4n) is 3.94. The highest BCUT2D eigenvalue weighted by molar-refractivity contribution is 5.83. The van der Waals surface area contributed by atoms with Gasteiger partial charge in [-0.25, -0.2) is 4.98 Å². The number of nitrogens with zero attached hydrogens (tertiary/aromatic N) is 2. The molecule has 0 spiro atoms. The molecule has 2 fully saturated rings. The number of pyridine rings is 1. The SMILES string of the molecule is CCOc1cc(N2CC[C@@H](Oc3ccc([C@H](C)CC(=O)C4CC4)cc3)C2)ccn1. The molecule has 1 aliphatic carbocycles. The molecule has 5 nitrogen and oxygen atoms in total. The molecule has 0 radical (unpaired) electrons. The van der Waals surface area contributed by atoms with Gasteiger partial charge < -0.3 is 14.4 Å². The highest BCUT2D eigenvalue weighted by atomic mass is 16.5. The second-order valence-corrected chi connectivity index (χ2v) is 8.17. The summed E-state index contributed by atoms with van der Waals surface area (Å²) in [6.45, 7) is 6.52. The molecule has 1 aromatic carbocycles. The van der Waals surface area contributed by atoms with Crippen molar-refractivity contribution in [3.05, 3.63) is 48.2 Å². The minimum Gasteiger partial charge on any atom is -0.489 e. The molecule has 4 rings (SSSR count). The van der Waals surface area contributed by atoms with E-state index in [1.54, 1.807) is 6.20 Å². The molecule has 1 saturated heterocycles. The Morgan fingerprint density at radius 3 is 2.72 bits per heavy atom. The standard InChI is InChI=1S/C24H30N2O3/c1-3-28-24-15-20(10-12-25-24)26-13-11-22(16-26)29-21-8-6-18(7-9-21)17(2)14-23(27)19-4-5-19/h6-10,12,15,17,19,22H,3-5,11,13-14,16H2,1-2H3/t17-,22-/m1/s1. The summed E-state index contributed by atoms with van der Waals surface area (Å²) in [7, 11) is 0. The van der Waals surface area contributed by atoms with Gasteiger partial charge in [0.25, 0.3) is 0 Å². The number of ketones is 1. The van der Waals surface area contributed by atoms with Gasteiger partial charge in [-0.1, -0.05) is 19.1 Å². The smallest absolute Gasteiger partial charge is 0.215 e. The normalized spacial score (nSPS) is 19.8. The van der Waals surface area contributed by atoms with Crippen LogP contribution in [0.3, 0.4) is 0 Å². The highest BCUT2D eigenvalue weighted by Gasteiger charge is 2.30. The van der Waals surface area contributed by atoms with Gasteiger partial charge in [-0.2, -0.15) is 0 Å². The Bertz CT molecular complexity index is 832. The number of Topliss-reactive ketones (excluding diaryl/α,β-unsaturated/α-hetero) is 1. The molecule has 2 heterocycles. The van der Waals surface area contributed by atoms with Gasteiger partial charge >= 0.3 is 0 Å². The van der Waals surface area contributed by atoms with Crippen molar-refractivity contribution in [2.75, 3.05) is 24.6 Å². The van der Waals surface area contributed by atoms with Crippen LogP contribution in [0, 0.1) is 5.92 Å². The Morgan fingerprint density at radius 1 is 1.21 bits per heavy atom. The number of hydrogen-bond acceptors (Lipinski definition) is 5. The fraction of sp³-hybridized carbons (Fsp3) is 0.500. The third-order valence-electron chi connectivity index (χ3n) is 5.81. The first-order valence-corrected chi connectivity index (χ1v) is 10.8. The highest BCUT2D eigenvalue weighted by Crippen LogP contribution is 2.34. The monoisotopic (exact) mass is 394 g/mol. The zero-order valence-corrected chi connectivity index (χ0v) is 17.3. The van der Waals surface area contributed by atoms with E-state index in [1.165, 1.54) is 5.56 Å². The van der Waals surface area contributed by atoms with E-state index in [0.717, 1.165) is 43.8 Å². The van der Waals surface area contributed by atoms with Crippen LogP contribution in [0.5, 0.6) is 11.6 Å². The molecular weight excluding hydrogens is 364 g/mol. The van der Waals surface area contributed by atoms with Crippen LogP contribution in [0.1, 0.15) is 51.0 Å². The summed E-state index contributed by atoms with van der Waals surface area (Å²) >= 11 is 0. The van der Waals surface area contributed by atoms with Crippen molar-refractivity contribution in [1.29, 1.82) is 0 Å². The third kappa shape index (κ3) is 5.08. The quantitative estimate of drug-likeness (QED) is 0.622. The summed E-state index contributed by atoms with van der Waals surface area (Å²) < 4.78 is 11.7. The first-order chi connectivity index (χ1) is 14.1. The lowest BCUT2D eigenvalue weighted by molar-refractivity contribution is -0.120. The maximum atomic E-state index is 12.1. The van der Waals surface area contributed by atoms with E-state index in [2.05, 4.69) is 28.9 Å². The number of anilines is 1. The first-order valence-electron chi connectivity index (χ1n) is 10.8. The molecule has 2 aliphatic rings. The van der Waals surface area contributed by atoms with Crippen LogP contribution < -0.4 is 14.4 Å². The molecule has 0 amide bonds. The average molecular weight is 395 g/mol. The molecule has 1 aromatic heterocycles. The van der Waals surface area contributed by atoms with Crippen molar-refractivity contribution in [3.8, 4) is 11.6 Å². The van der Waals surface area contributed by atoms with Crippen molar-refractivity contribution < 1.29 is 14.3 Å². The van der Waals surface area contributed by atoms with Gasteiger partial charge in [0.15, 0.2) is 0 Å². The van der Waals surface area contributed by atoms with Gasteiger partial charge in [-0.15, -0.1) is 0 Å². The van der Waals surface area contributed by atoms with E-state index in [9.17, 15) is 4.79 Å². The van der Waals surface area contributed by atoms with E-state index in [0.29, 0.717) is 30.6 Å². The lowest BCUT2D eigenvalue weighted by Crippen LogP contribution is -2.24. The summed E-state index contributed by atoms with van der Waals surface area (Å²) in [4.78, 5) is 18.6. The minimum atomic E-state index is 0.165. The number of ether oxygens (including phenoxy) is 2. The molecule has 2 atom stereocenters. The van der Waals surface area contributed by atoms with Crippen LogP contribution >= 0.6 is 0 Å². The molecule has 1 aliphatic heterocycles. The summed E-state index contributed by atoms with van der Waals surface area (Å²) in [5, 5.41) is 0. The zero-order chi connectivity index (χ0) is 20.2. The predicted molar refractivity (Wildman–Crippen MR) is 114 cm³/mol. The maximum Gasteiger partial charge on any atom is 0.215 e. The Kier molecular flexibility index (Phi) is 6.02. The van der Waals surface area contributed by atoms with Crippen molar-refractivity contribution in [3.63, 3.8) is 0 Å². The van der Waals surface area contributed by atoms with Crippen molar-refractivity contribution in [2.45, 2.75) is 51.6 Å². The molecule has 29 heavy (non-hydrogen) atoms. The van der Waals surface area contributed by atoms with Gasteiger partial charge in [0.2, 0.25) is 5.88 Å². The van der Waals surface area contributed by atoms with Gasteiger partial charge in [0, 0.05) is 43.3 Å². The zero-order valence-electron chi connectivity index (χ0n) is 17.3. The van der Waals surface area contributed by atoms with Crippen molar-refractivity contribution >= 4 is 11.5 Å². The van der Waals surface area contributed by atoms with Crippen LogP contribution in [0.15, 0.2) is 42.6 Å². The molecule has 0 bridgehead atoms. The second-order valence-electron chi connectivity index (χ2n) is 8.17. The third-order valence-corrected chi connectivity index (χ3v) is 5.81. The van der Waals surface area contributed by atoms with Crippen molar-refractivity contribution in [2.24, 2.45) is 5.92 Å². The Balaban J connectivity index is 1.30. The molecule has 5 heteroatoms. The lowest BCUT2D eigenvalue weighted by Gasteiger charge is -2.19. The fourth-order valence-corrected chi connectivity index (χ4v) is 3.94. The summed E-state index contributed by atoms with van der Waals surface area (Å²) in [6, 6.07) is 12.3. The van der Waals surface area contributed by atoms with Crippen LogP contribution in [-0.4, -0.2) is 36.6 Å². The van der Waals surface area contributed by atoms with Gasteiger partial charge in [-0.3, -0.25) is 4.79 Å². The number of rotatable bonds is 9. The Hall–Kier alpha value is -2.56. The van der Waals surface area contributed by atoms with Crippen LogP contribution in [-0.2, 0) is 4.79 Å². The summed E-state index contributed by atoms with van der Waals surface area (Å²) in [6.07, 6.45) is 5.77. The first kappa shape index (κ1) is 19.7. The molecule has 1 saturated carbocycles. The van der Waals surface area contributed by atoms with Crippen LogP contribution in [0.2, 0.25) is 0 Å². The topological polar surface area (TPSA) is 51.7 Å². The van der Waals surface area contributed by atoms with Gasteiger partial charge in [-0.05, 0) is 49.4 Å². The number of benzene rings is 1. The number of carbonyl (C=O) groups is 1. The van der Waals surface area contributed by atoms with Crippen LogP contribution in [0.25, 0.3) is 0 Å². The minimum absolute atomic E-state index is 0.165. The molecular formula is C24H30N2O3. The Labute approximate surface area is 173 Å². The maximum absolute atomic E-state index is 12.1. The largest absolute Gasteiger partial charge is 0.489 e. The van der Waals surface area contributed by atoms with Crippen molar-refractivity contribution in [1.82, 2.24) is 4.98 Å². The molecule has 2 aromatic rings. The van der Waals surface area contributed by atoms with E-state index in [1.807, 2.05) is 31.2 Å².